The number of nitrogens with one attached hydrogen (secondary N) is 2. The summed E-state index contributed by atoms with van der Waals surface area (Å²) in [6, 6.07) is 14.8. The number of aliphatic imine (C=N–C) groups is 1. The molecule has 0 radical (unpaired) electrons. The number of hydrogen-bond donors (Lipinski definition) is 2. The molecule has 0 saturated carbocycles. The number of unbranched alkanes of at least 4 members (excludes halogenated alkanes) is 2. The molecule has 1 aliphatic heterocycles. The van der Waals surface area contributed by atoms with E-state index in [1.165, 1.54) is 0 Å². The monoisotopic (exact) mass is 453 g/mol. The van der Waals surface area contributed by atoms with Gasteiger partial charge in [-0.15, -0.1) is 0 Å². The van der Waals surface area contributed by atoms with E-state index in [1.807, 2.05) is 30.6 Å². The molecular formula is C23H27N5O3S. The summed E-state index contributed by atoms with van der Waals surface area (Å²) >= 11 is 0. The van der Waals surface area contributed by atoms with Crippen LogP contribution in [0.5, 0.6) is 0 Å². The van der Waals surface area contributed by atoms with Crippen LogP contribution in [0, 0.1) is 0 Å². The zero-order chi connectivity index (χ0) is 22.4. The fourth-order valence-corrected chi connectivity index (χ4v) is 5.02. The van der Waals surface area contributed by atoms with E-state index < -0.39 is 10.0 Å². The molecule has 3 aromatic rings. The molecule has 0 fully saturated rings. The van der Waals surface area contributed by atoms with E-state index in [0.29, 0.717) is 30.9 Å². The van der Waals surface area contributed by atoms with Crippen molar-refractivity contribution in [2.75, 3.05) is 13.1 Å². The molecular weight excluding hydrogens is 426 g/mol. The third kappa shape index (κ3) is 5.16. The van der Waals surface area contributed by atoms with Crippen LogP contribution < -0.4 is 10.0 Å². The normalized spacial score (nSPS) is 15.6. The van der Waals surface area contributed by atoms with E-state index >= 15 is 0 Å². The fourth-order valence-electron chi connectivity index (χ4n) is 3.77. The lowest BCUT2D eigenvalue weighted by Gasteiger charge is -2.07. The highest BCUT2D eigenvalue weighted by Gasteiger charge is 2.29. The Kier molecular flexibility index (Phi) is 6.84. The number of hydrogen-bond acceptors (Lipinski definition) is 5. The Balaban J connectivity index is 1.10. The molecule has 2 heterocycles. The van der Waals surface area contributed by atoms with E-state index in [-0.39, 0.29) is 10.8 Å². The number of amidine groups is 1. The highest BCUT2D eigenvalue weighted by atomic mass is 32.2. The maximum atomic E-state index is 12.1. The average molecular weight is 454 g/mol. The van der Waals surface area contributed by atoms with Crippen molar-refractivity contribution in [1.82, 2.24) is 19.6 Å². The fraction of sp³-hybridized carbons (Fsp3) is 0.348. The lowest BCUT2D eigenvalue weighted by molar-refractivity contribution is -0.121. The zero-order valence-corrected chi connectivity index (χ0v) is 18.6. The first kappa shape index (κ1) is 22.0. The van der Waals surface area contributed by atoms with Crippen LogP contribution in [-0.2, 0) is 21.4 Å². The Hall–Kier alpha value is -3.20. The summed E-state index contributed by atoms with van der Waals surface area (Å²) in [5.41, 5.74) is 2.71. The van der Waals surface area contributed by atoms with Crippen molar-refractivity contribution in [3.05, 3.63) is 60.4 Å². The van der Waals surface area contributed by atoms with Crippen molar-refractivity contribution in [2.24, 2.45) is 4.99 Å². The number of aryl methyl sites for hydroxylation is 1. The predicted octanol–water partition coefficient (Wildman–Crippen LogP) is 2.84. The molecule has 2 N–H and O–H groups in total. The molecule has 32 heavy (non-hydrogen) atoms. The molecule has 1 amide bonds. The first-order chi connectivity index (χ1) is 15.5. The molecule has 8 nitrogen and oxygen atoms in total. The van der Waals surface area contributed by atoms with Crippen LogP contribution in [0.4, 0.5) is 0 Å². The van der Waals surface area contributed by atoms with Gasteiger partial charge in [-0.2, -0.15) is 0 Å². The molecule has 0 bridgehead atoms. The first-order valence-electron chi connectivity index (χ1n) is 10.9. The second-order valence-electron chi connectivity index (χ2n) is 7.77. The van der Waals surface area contributed by atoms with Crippen molar-refractivity contribution in [1.29, 1.82) is 0 Å². The van der Waals surface area contributed by atoms with Crippen LogP contribution in [-0.4, -0.2) is 42.8 Å². The number of carbonyl (C=O) groups excluding carboxylic acids is 1. The van der Waals surface area contributed by atoms with Gasteiger partial charge in [0.2, 0.25) is 5.91 Å². The molecule has 0 saturated heterocycles. The summed E-state index contributed by atoms with van der Waals surface area (Å²) in [4.78, 5) is 21.1. The van der Waals surface area contributed by atoms with Crippen molar-refractivity contribution < 1.29 is 13.2 Å². The average Bonchev–Trinajstić information content (AvgIpc) is 3.32. The Labute approximate surface area is 187 Å². The van der Waals surface area contributed by atoms with Crippen LogP contribution in [0.3, 0.4) is 0 Å². The number of para-hydroxylation sites is 2. The van der Waals surface area contributed by atoms with Gasteiger partial charge in [0.1, 0.15) is 5.84 Å². The second kappa shape index (κ2) is 9.95. The standard InChI is InChI=1S/C23H27N5O3S/c29-22(24-15-8-16-28-17-26-19-10-4-5-11-20(19)28)13-2-1-7-14-25-23-18-9-3-6-12-21(18)32(30,31)27-23/h3-6,9-12,17H,1-2,7-8,13-16H2,(H,24,29)(H,25,27). The molecule has 0 atom stereocenters. The summed E-state index contributed by atoms with van der Waals surface area (Å²) in [6.45, 7) is 1.97. The van der Waals surface area contributed by atoms with Crippen molar-refractivity contribution in [2.45, 2.75) is 43.5 Å². The van der Waals surface area contributed by atoms with Gasteiger partial charge in [0.25, 0.3) is 10.0 Å². The highest BCUT2D eigenvalue weighted by Crippen LogP contribution is 2.22. The number of nitrogens with zero attached hydrogens (tertiary/aromatic N) is 3. The lowest BCUT2D eigenvalue weighted by Crippen LogP contribution is -2.24. The zero-order valence-electron chi connectivity index (χ0n) is 17.8. The molecule has 0 aliphatic carbocycles. The number of fused-ring (bicyclic) bond motifs is 2. The maximum Gasteiger partial charge on any atom is 0.263 e. The second-order valence-corrected chi connectivity index (χ2v) is 9.42. The molecule has 0 unspecified atom stereocenters. The minimum Gasteiger partial charge on any atom is -0.356 e. The molecule has 4 rings (SSSR count). The number of imidazole rings is 1. The van der Waals surface area contributed by atoms with Gasteiger partial charge in [0, 0.05) is 31.6 Å². The van der Waals surface area contributed by atoms with Crippen LogP contribution >= 0.6 is 0 Å². The van der Waals surface area contributed by atoms with Gasteiger partial charge < -0.3 is 9.88 Å². The van der Waals surface area contributed by atoms with Gasteiger partial charge in [-0.3, -0.25) is 14.5 Å². The number of benzene rings is 2. The number of sulfonamides is 1. The predicted molar refractivity (Wildman–Crippen MR) is 124 cm³/mol. The smallest absolute Gasteiger partial charge is 0.263 e. The van der Waals surface area contributed by atoms with Crippen LogP contribution in [0.2, 0.25) is 0 Å². The van der Waals surface area contributed by atoms with E-state index in [9.17, 15) is 13.2 Å². The first-order valence-corrected chi connectivity index (χ1v) is 12.4. The number of amides is 1. The van der Waals surface area contributed by atoms with Gasteiger partial charge in [0.15, 0.2) is 0 Å². The van der Waals surface area contributed by atoms with Gasteiger partial charge in [0.05, 0.1) is 22.3 Å². The van der Waals surface area contributed by atoms with Crippen LogP contribution in [0.15, 0.2) is 64.7 Å². The summed E-state index contributed by atoms with van der Waals surface area (Å²) in [5.74, 6) is 0.466. The lowest BCUT2D eigenvalue weighted by atomic mass is 10.2. The molecule has 9 heteroatoms. The van der Waals surface area contributed by atoms with Gasteiger partial charge in [-0.05, 0) is 43.5 Å². The third-order valence-electron chi connectivity index (χ3n) is 5.42. The minimum absolute atomic E-state index is 0.0595. The summed E-state index contributed by atoms with van der Waals surface area (Å²) in [5, 5.41) is 2.97. The Morgan fingerprint density at radius 1 is 1.03 bits per heavy atom. The third-order valence-corrected chi connectivity index (χ3v) is 6.82. The van der Waals surface area contributed by atoms with Gasteiger partial charge >= 0.3 is 0 Å². The summed E-state index contributed by atoms with van der Waals surface area (Å²) in [7, 11) is -3.49. The molecule has 0 spiro atoms. The number of carbonyl (C=O) groups is 1. The maximum absolute atomic E-state index is 12.1. The topological polar surface area (TPSA) is 105 Å². The van der Waals surface area contributed by atoms with Crippen LogP contribution in [0.1, 0.15) is 37.7 Å². The summed E-state index contributed by atoms with van der Waals surface area (Å²) in [6.07, 6.45) is 5.62. The van der Waals surface area contributed by atoms with Gasteiger partial charge in [-0.1, -0.05) is 30.7 Å². The van der Waals surface area contributed by atoms with E-state index in [2.05, 4.69) is 24.6 Å². The Morgan fingerprint density at radius 3 is 2.75 bits per heavy atom. The minimum atomic E-state index is -3.49. The largest absolute Gasteiger partial charge is 0.356 e. The SMILES string of the molecule is O=C(CCCCCN=C1NS(=O)(=O)c2ccccc21)NCCCn1cnc2ccccc21. The molecule has 2 aromatic carbocycles. The molecule has 1 aliphatic rings. The highest BCUT2D eigenvalue weighted by molar-refractivity contribution is 7.90. The van der Waals surface area contributed by atoms with Crippen molar-refractivity contribution in [3.8, 4) is 0 Å². The Bertz CT molecular complexity index is 1230. The van der Waals surface area contributed by atoms with E-state index in [4.69, 9.17) is 0 Å². The summed E-state index contributed by atoms with van der Waals surface area (Å²) < 4.78 is 28.7. The number of aromatic nitrogens is 2. The quantitative estimate of drug-likeness (QED) is 0.461. The van der Waals surface area contributed by atoms with Crippen molar-refractivity contribution in [3.63, 3.8) is 0 Å². The molecule has 1 aromatic heterocycles. The van der Waals surface area contributed by atoms with Gasteiger partial charge in [-0.25, -0.2) is 13.4 Å². The number of rotatable bonds is 10. The van der Waals surface area contributed by atoms with Crippen molar-refractivity contribution >= 4 is 32.8 Å². The van der Waals surface area contributed by atoms with E-state index in [0.717, 1.165) is 43.3 Å². The Morgan fingerprint density at radius 2 is 1.84 bits per heavy atom. The van der Waals surface area contributed by atoms with E-state index in [1.54, 1.807) is 24.3 Å². The van der Waals surface area contributed by atoms with Crippen LogP contribution in [0.25, 0.3) is 11.0 Å². The molecule has 168 valence electrons.